The highest BCUT2D eigenvalue weighted by Crippen LogP contribution is 2.16. The van der Waals surface area contributed by atoms with E-state index in [0.29, 0.717) is 10.8 Å². The number of halogens is 2. The smallest absolute Gasteiger partial charge is 0.148 e. The predicted octanol–water partition coefficient (Wildman–Crippen LogP) is 3.83. The third-order valence-corrected chi connectivity index (χ3v) is 3.04. The van der Waals surface area contributed by atoms with Crippen molar-refractivity contribution in [3.63, 3.8) is 0 Å². The first-order valence-corrected chi connectivity index (χ1v) is 6.45. The molecule has 0 saturated carbocycles. The van der Waals surface area contributed by atoms with Crippen LogP contribution in [0.2, 0.25) is 10.0 Å². The Kier molecular flexibility index (Phi) is 4.79. The molecular formula is C13H13Cl2N3. The van der Waals surface area contributed by atoms with Crippen LogP contribution in [0.15, 0.2) is 36.8 Å². The minimum Gasteiger partial charge on any atom is -0.369 e. The van der Waals surface area contributed by atoms with Gasteiger partial charge in [-0.3, -0.25) is 0 Å². The number of anilines is 1. The van der Waals surface area contributed by atoms with Crippen LogP contribution in [-0.2, 0) is 6.42 Å². The minimum atomic E-state index is 0.545. The first-order valence-electron chi connectivity index (χ1n) is 5.69. The average molecular weight is 282 g/mol. The van der Waals surface area contributed by atoms with E-state index in [1.54, 1.807) is 6.20 Å². The first-order chi connectivity index (χ1) is 8.75. The van der Waals surface area contributed by atoms with E-state index in [1.807, 2.05) is 24.3 Å². The minimum absolute atomic E-state index is 0.545. The molecule has 0 atom stereocenters. The number of rotatable bonds is 5. The summed E-state index contributed by atoms with van der Waals surface area (Å²) in [5.74, 6) is 0.683. The van der Waals surface area contributed by atoms with Crippen LogP contribution in [0.5, 0.6) is 0 Å². The molecule has 1 heterocycles. The maximum atomic E-state index is 5.94. The van der Waals surface area contributed by atoms with Gasteiger partial charge in [-0.1, -0.05) is 35.3 Å². The second-order valence-corrected chi connectivity index (χ2v) is 4.72. The summed E-state index contributed by atoms with van der Waals surface area (Å²) in [4.78, 5) is 7.90. The lowest BCUT2D eigenvalue weighted by molar-refractivity contribution is 0.858. The zero-order chi connectivity index (χ0) is 12.8. The van der Waals surface area contributed by atoms with Gasteiger partial charge in [-0.05, 0) is 30.5 Å². The fourth-order valence-corrected chi connectivity index (χ4v) is 1.89. The number of benzene rings is 1. The molecule has 1 aromatic heterocycles. The molecule has 0 saturated heterocycles. The normalized spacial score (nSPS) is 10.3. The molecule has 18 heavy (non-hydrogen) atoms. The molecule has 0 radical (unpaired) electrons. The molecule has 0 bridgehead atoms. The van der Waals surface area contributed by atoms with Crippen LogP contribution >= 0.6 is 23.2 Å². The second kappa shape index (κ2) is 6.57. The average Bonchev–Trinajstić information content (AvgIpc) is 2.39. The van der Waals surface area contributed by atoms with Gasteiger partial charge in [-0.15, -0.1) is 0 Å². The summed E-state index contributed by atoms with van der Waals surface area (Å²) >= 11 is 11.8. The quantitative estimate of drug-likeness (QED) is 0.847. The van der Waals surface area contributed by atoms with Crippen molar-refractivity contribution >= 4 is 29.0 Å². The van der Waals surface area contributed by atoms with E-state index in [1.165, 1.54) is 11.9 Å². The Labute approximate surface area is 116 Å². The Balaban J connectivity index is 1.76. The molecule has 0 aliphatic heterocycles. The van der Waals surface area contributed by atoms with E-state index in [2.05, 4.69) is 15.3 Å². The Bertz CT molecular complexity index is 500. The molecule has 0 aliphatic rings. The number of nitrogens with zero attached hydrogens (tertiary/aromatic N) is 2. The number of aryl methyl sites for hydroxylation is 1. The standard InChI is InChI=1S/C13H13Cl2N3/c14-11-5-3-10(4-6-11)2-1-7-17-13-12(15)8-16-9-18-13/h3-6,8-9H,1-2,7H2,(H,16,17,18). The summed E-state index contributed by atoms with van der Waals surface area (Å²) in [6.45, 7) is 0.819. The van der Waals surface area contributed by atoms with Gasteiger partial charge in [-0.25, -0.2) is 9.97 Å². The highest BCUT2D eigenvalue weighted by atomic mass is 35.5. The molecule has 3 nitrogen and oxygen atoms in total. The van der Waals surface area contributed by atoms with Crippen molar-refractivity contribution in [2.24, 2.45) is 0 Å². The Morgan fingerprint density at radius 1 is 1.11 bits per heavy atom. The molecule has 2 rings (SSSR count). The van der Waals surface area contributed by atoms with E-state index in [-0.39, 0.29) is 0 Å². The molecule has 1 aromatic carbocycles. The second-order valence-electron chi connectivity index (χ2n) is 3.88. The zero-order valence-corrected chi connectivity index (χ0v) is 11.2. The molecule has 0 fully saturated rings. The van der Waals surface area contributed by atoms with Gasteiger partial charge in [0, 0.05) is 11.6 Å². The summed E-state index contributed by atoms with van der Waals surface area (Å²) in [5.41, 5.74) is 1.27. The van der Waals surface area contributed by atoms with Gasteiger partial charge in [0.25, 0.3) is 0 Å². The third-order valence-electron chi connectivity index (χ3n) is 2.52. The number of hydrogen-bond donors (Lipinski definition) is 1. The van der Waals surface area contributed by atoms with Crippen LogP contribution < -0.4 is 5.32 Å². The molecule has 0 spiro atoms. The lowest BCUT2D eigenvalue weighted by Crippen LogP contribution is -2.05. The van der Waals surface area contributed by atoms with Crippen LogP contribution in [0.3, 0.4) is 0 Å². The molecule has 5 heteroatoms. The van der Waals surface area contributed by atoms with Gasteiger partial charge in [0.2, 0.25) is 0 Å². The van der Waals surface area contributed by atoms with Crippen LogP contribution in [-0.4, -0.2) is 16.5 Å². The van der Waals surface area contributed by atoms with Crippen LogP contribution in [0.4, 0.5) is 5.82 Å². The van der Waals surface area contributed by atoms with Crippen molar-refractivity contribution in [2.75, 3.05) is 11.9 Å². The van der Waals surface area contributed by atoms with E-state index in [4.69, 9.17) is 23.2 Å². The van der Waals surface area contributed by atoms with E-state index >= 15 is 0 Å². The highest BCUT2D eigenvalue weighted by molar-refractivity contribution is 6.32. The van der Waals surface area contributed by atoms with Crippen molar-refractivity contribution in [3.8, 4) is 0 Å². The van der Waals surface area contributed by atoms with Crippen LogP contribution in [0.25, 0.3) is 0 Å². The lowest BCUT2D eigenvalue weighted by Gasteiger charge is -2.06. The Morgan fingerprint density at radius 3 is 2.61 bits per heavy atom. The van der Waals surface area contributed by atoms with Gasteiger partial charge in [0.1, 0.15) is 17.2 Å². The van der Waals surface area contributed by atoms with E-state index in [9.17, 15) is 0 Å². The van der Waals surface area contributed by atoms with E-state index < -0.39 is 0 Å². The monoisotopic (exact) mass is 281 g/mol. The third kappa shape index (κ3) is 3.86. The largest absolute Gasteiger partial charge is 0.369 e. The van der Waals surface area contributed by atoms with Crippen LogP contribution in [0.1, 0.15) is 12.0 Å². The molecule has 1 N–H and O–H groups in total. The fraction of sp³-hybridized carbons (Fsp3) is 0.231. The summed E-state index contributed by atoms with van der Waals surface area (Å²) in [7, 11) is 0. The van der Waals surface area contributed by atoms with Crippen molar-refractivity contribution in [1.29, 1.82) is 0 Å². The SMILES string of the molecule is Clc1ccc(CCCNc2ncncc2Cl)cc1. The number of nitrogens with one attached hydrogen (secondary N) is 1. The summed E-state index contributed by atoms with van der Waals surface area (Å²) < 4.78 is 0. The molecule has 0 aliphatic carbocycles. The number of aromatic nitrogens is 2. The molecule has 0 unspecified atom stereocenters. The number of hydrogen-bond acceptors (Lipinski definition) is 3. The van der Waals surface area contributed by atoms with Gasteiger partial charge in [0.05, 0.1) is 6.20 Å². The first kappa shape index (κ1) is 13.1. The summed E-state index contributed by atoms with van der Waals surface area (Å²) in [6, 6.07) is 7.90. The van der Waals surface area contributed by atoms with Gasteiger partial charge in [0.15, 0.2) is 0 Å². The molecule has 2 aromatic rings. The molecular weight excluding hydrogens is 269 g/mol. The van der Waals surface area contributed by atoms with Crippen molar-refractivity contribution in [3.05, 3.63) is 52.4 Å². The topological polar surface area (TPSA) is 37.8 Å². The maximum absolute atomic E-state index is 5.94. The Morgan fingerprint density at radius 2 is 1.89 bits per heavy atom. The van der Waals surface area contributed by atoms with Crippen molar-refractivity contribution < 1.29 is 0 Å². The zero-order valence-electron chi connectivity index (χ0n) is 9.74. The predicted molar refractivity (Wildman–Crippen MR) is 75.3 cm³/mol. The van der Waals surface area contributed by atoms with Gasteiger partial charge in [-0.2, -0.15) is 0 Å². The Hall–Kier alpha value is -1.32. The highest BCUT2D eigenvalue weighted by Gasteiger charge is 1.99. The van der Waals surface area contributed by atoms with Crippen molar-refractivity contribution in [1.82, 2.24) is 9.97 Å². The molecule has 0 amide bonds. The molecule has 94 valence electrons. The van der Waals surface area contributed by atoms with Gasteiger partial charge < -0.3 is 5.32 Å². The van der Waals surface area contributed by atoms with Crippen molar-refractivity contribution in [2.45, 2.75) is 12.8 Å². The fourth-order valence-electron chi connectivity index (χ4n) is 1.59. The lowest BCUT2D eigenvalue weighted by atomic mass is 10.1. The van der Waals surface area contributed by atoms with Gasteiger partial charge >= 0.3 is 0 Å². The van der Waals surface area contributed by atoms with Crippen LogP contribution in [0, 0.1) is 0 Å². The van der Waals surface area contributed by atoms with E-state index in [0.717, 1.165) is 24.4 Å². The summed E-state index contributed by atoms with van der Waals surface area (Å²) in [5, 5.41) is 4.50. The maximum Gasteiger partial charge on any atom is 0.148 e. The summed E-state index contributed by atoms with van der Waals surface area (Å²) in [6.07, 6.45) is 5.05.